The topological polar surface area (TPSA) is 41.7 Å². The summed E-state index contributed by atoms with van der Waals surface area (Å²) in [6.45, 7) is 4.73. The van der Waals surface area contributed by atoms with Gasteiger partial charge in [0.2, 0.25) is 0 Å². The molecule has 4 heteroatoms. The highest BCUT2D eigenvalue weighted by molar-refractivity contribution is 5.69. The van der Waals surface area contributed by atoms with Gasteiger partial charge in [-0.3, -0.25) is 0 Å². The van der Waals surface area contributed by atoms with Crippen LogP contribution >= 0.6 is 0 Å². The normalized spacial score (nSPS) is 22.5. The number of ether oxygens (including phenoxy) is 1. The molecule has 0 bridgehead atoms. The Labute approximate surface area is 127 Å². The smallest absolute Gasteiger partial charge is 0.121 e. The van der Waals surface area contributed by atoms with Gasteiger partial charge in [0, 0.05) is 19.2 Å². The van der Waals surface area contributed by atoms with E-state index in [0.29, 0.717) is 5.41 Å². The summed E-state index contributed by atoms with van der Waals surface area (Å²) in [6.07, 6.45) is 5.28. The van der Waals surface area contributed by atoms with E-state index in [1.165, 1.54) is 38.8 Å². The third-order valence-corrected chi connectivity index (χ3v) is 5.45. The van der Waals surface area contributed by atoms with Crippen LogP contribution in [-0.4, -0.2) is 45.2 Å². The van der Waals surface area contributed by atoms with Crippen molar-refractivity contribution < 1.29 is 4.74 Å². The Morgan fingerprint density at radius 3 is 2.29 bits per heavy atom. The van der Waals surface area contributed by atoms with Gasteiger partial charge in [0.25, 0.3) is 0 Å². The summed E-state index contributed by atoms with van der Waals surface area (Å²) >= 11 is 0. The maximum absolute atomic E-state index is 6.16. The molecule has 4 nitrogen and oxygen atoms in total. The van der Waals surface area contributed by atoms with E-state index >= 15 is 0 Å². The zero-order chi connectivity index (χ0) is 14.9. The molecule has 0 atom stereocenters. The molecule has 0 amide bonds. The average Bonchev–Trinajstić information content (AvgIpc) is 2.52. The number of hydrogen-bond acceptors (Lipinski definition) is 4. The fraction of sp³-hybridized carbons (Fsp3) is 0.647. The second-order valence-corrected chi connectivity index (χ2v) is 6.72. The van der Waals surface area contributed by atoms with Crippen LogP contribution in [0.5, 0.6) is 5.75 Å². The standard InChI is InChI=1S/C17H27N3O/c1-19-9-5-17(6-10-19)7-11-20(12-8-17)16-13-14(21-2)3-4-15(16)18/h3-4,13H,5-12,18H2,1-2H3. The van der Waals surface area contributed by atoms with E-state index in [1.807, 2.05) is 12.1 Å². The lowest BCUT2D eigenvalue weighted by molar-refractivity contribution is 0.0945. The molecule has 0 saturated carbocycles. The third-order valence-electron chi connectivity index (χ3n) is 5.45. The van der Waals surface area contributed by atoms with Crippen LogP contribution in [0.3, 0.4) is 0 Å². The summed E-state index contributed by atoms with van der Waals surface area (Å²) < 4.78 is 5.33. The number of benzene rings is 1. The first kappa shape index (κ1) is 14.5. The van der Waals surface area contributed by atoms with Gasteiger partial charge in [-0.15, -0.1) is 0 Å². The van der Waals surface area contributed by atoms with E-state index in [1.54, 1.807) is 7.11 Å². The van der Waals surface area contributed by atoms with Crippen molar-refractivity contribution in [3.8, 4) is 5.75 Å². The van der Waals surface area contributed by atoms with E-state index in [4.69, 9.17) is 10.5 Å². The predicted molar refractivity (Wildman–Crippen MR) is 88.0 cm³/mol. The number of piperidine rings is 2. The molecular weight excluding hydrogens is 262 g/mol. The molecule has 2 saturated heterocycles. The van der Waals surface area contributed by atoms with E-state index in [9.17, 15) is 0 Å². The zero-order valence-corrected chi connectivity index (χ0v) is 13.3. The lowest BCUT2D eigenvalue weighted by Gasteiger charge is -2.47. The van der Waals surface area contributed by atoms with Gasteiger partial charge in [0.1, 0.15) is 5.75 Å². The fourth-order valence-electron chi connectivity index (χ4n) is 3.74. The Kier molecular flexibility index (Phi) is 3.98. The second kappa shape index (κ2) is 5.76. The number of nitrogen functional groups attached to an aromatic ring is 1. The maximum Gasteiger partial charge on any atom is 0.121 e. The first-order chi connectivity index (χ1) is 10.1. The number of likely N-dealkylation sites (tertiary alicyclic amines) is 1. The number of nitrogens with zero attached hydrogens (tertiary/aromatic N) is 2. The minimum Gasteiger partial charge on any atom is -0.497 e. The number of hydrogen-bond donors (Lipinski definition) is 1. The highest BCUT2D eigenvalue weighted by atomic mass is 16.5. The quantitative estimate of drug-likeness (QED) is 0.850. The van der Waals surface area contributed by atoms with Crippen molar-refractivity contribution in [1.82, 2.24) is 4.90 Å². The molecule has 0 unspecified atom stereocenters. The molecule has 116 valence electrons. The second-order valence-electron chi connectivity index (χ2n) is 6.72. The van der Waals surface area contributed by atoms with Gasteiger partial charge in [-0.2, -0.15) is 0 Å². The molecule has 2 N–H and O–H groups in total. The lowest BCUT2D eigenvalue weighted by atomic mass is 9.71. The van der Waals surface area contributed by atoms with Crippen LogP contribution in [-0.2, 0) is 0 Å². The minimum absolute atomic E-state index is 0.580. The van der Waals surface area contributed by atoms with Gasteiger partial charge in [0.05, 0.1) is 18.5 Å². The van der Waals surface area contributed by atoms with Crippen LogP contribution in [0, 0.1) is 5.41 Å². The molecule has 21 heavy (non-hydrogen) atoms. The SMILES string of the molecule is COc1ccc(N)c(N2CCC3(CCN(C)CC3)CC2)c1. The monoisotopic (exact) mass is 289 g/mol. The molecule has 1 aromatic rings. The molecular formula is C17H27N3O. The average molecular weight is 289 g/mol. The van der Waals surface area contributed by atoms with Crippen LogP contribution in [0.1, 0.15) is 25.7 Å². The Balaban J connectivity index is 1.68. The molecule has 2 fully saturated rings. The van der Waals surface area contributed by atoms with Gasteiger partial charge < -0.3 is 20.3 Å². The van der Waals surface area contributed by atoms with Crippen LogP contribution in [0.15, 0.2) is 18.2 Å². The van der Waals surface area contributed by atoms with Crippen LogP contribution in [0.2, 0.25) is 0 Å². The summed E-state index contributed by atoms with van der Waals surface area (Å²) in [7, 11) is 3.94. The summed E-state index contributed by atoms with van der Waals surface area (Å²) in [5.74, 6) is 0.888. The molecule has 3 rings (SSSR count). The number of methoxy groups -OCH3 is 1. The molecule has 0 aliphatic carbocycles. The Bertz CT molecular complexity index is 485. The number of nitrogens with two attached hydrogens (primary N) is 1. The van der Waals surface area contributed by atoms with Gasteiger partial charge in [-0.05, 0) is 63.4 Å². The number of anilines is 2. The van der Waals surface area contributed by atoms with Crippen molar-refractivity contribution in [2.75, 3.05) is 51.0 Å². The third kappa shape index (κ3) is 2.95. The Hall–Kier alpha value is -1.42. The number of rotatable bonds is 2. The van der Waals surface area contributed by atoms with Gasteiger partial charge in [-0.1, -0.05) is 0 Å². The molecule has 2 heterocycles. The largest absolute Gasteiger partial charge is 0.497 e. The molecule has 1 spiro atoms. The molecule has 2 aliphatic heterocycles. The highest BCUT2D eigenvalue weighted by Gasteiger charge is 2.37. The van der Waals surface area contributed by atoms with Crippen LogP contribution in [0.25, 0.3) is 0 Å². The Morgan fingerprint density at radius 2 is 1.67 bits per heavy atom. The van der Waals surface area contributed by atoms with Crippen molar-refractivity contribution in [1.29, 1.82) is 0 Å². The zero-order valence-electron chi connectivity index (χ0n) is 13.3. The van der Waals surface area contributed by atoms with E-state index in [0.717, 1.165) is 30.2 Å². The molecule has 2 aliphatic rings. The summed E-state index contributed by atoms with van der Waals surface area (Å²) in [5.41, 5.74) is 8.73. The summed E-state index contributed by atoms with van der Waals surface area (Å²) in [6, 6.07) is 5.96. The van der Waals surface area contributed by atoms with E-state index in [2.05, 4.69) is 22.9 Å². The maximum atomic E-state index is 6.16. The predicted octanol–water partition coefficient (Wildman–Crippen LogP) is 2.59. The summed E-state index contributed by atoms with van der Waals surface area (Å²) in [5, 5.41) is 0. The minimum atomic E-state index is 0.580. The van der Waals surface area contributed by atoms with Gasteiger partial charge >= 0.3 is 0 Å². The summed E-state index contributed by atoms with van der Waals surface area (Å²) in [4.78, 5) is 4.89. The lowest BCUT2D eigenvalue weighted by Crippen LogP contribution is -2.46. The van der Waals surface area contributed by atoms with E-state index < -0.39 is 0 Å². The Morgan fingerprint density at radius 1 is 1.05 bits per heavy atom. The fourth-order valence-corrected chi connectivity index (χ4v) is 3.74. The first-order valence-electron chi connectivity index (χ1n) is 7.99. The van der Waals surface area contributed by atoms with Crippen molar-refractivity contribution in [2.24, 2.45) is 5.41 Å². The molecule has 0 radical (unpaired) electrons. The van der Waals surface area contributed by atoms with Crippen molar-refractivity contribution in [3.05, 3.63) is 18.2 Å². The van der Waals surface area contributed by atoms with Crippen LogP contribution < -0.4 is 15.4 Å². The van der Waals surface area contributed by atoms with Gasteiger partial charge in [-0.25, -0.2) is 0 Å². The van der Waals surface area contributed by atoms with Crippen LogP contribution in [0.4, 0.5) is 11.4 Å². The van der Waals surface area contributed by atoms with E-state index in [-0.39, 0.29) is 0 Å². The van der Waals surface area contributed by atoms with Crippen molar-refractivity contribution in [3.63, 3.8) is 0 Å². The van der Waals surface area contributed by atoms with Crippen molar-refractivity contribution in [2.45, 2.75) is 25.7 Å². The van der Waals surface area contributed by atoms with Crippen molar-refractivity contribution >= 4 is 11.4 Å². The highest BCUT2D eigenvalue weighted by Crippen LogP contribution is 2.42. The molecule has 1 aromatic carbocycles. The molecule has 0 aromatic heterocycles. The first-order valence-corrected chi connectivity index (χ1v) is 7.99. The van der Waals surface area contributed by atoms with Gasteiger partial charge in [0.15, 0.2) is 0 Å².